The summed E-state index contributed by atoms with van der Waals surface area (Å²) in [7, 11) is 0. The Kier molecular flexibility index (Phi) is 5.72. The van der Waals surface area contributed by atoms with Gasteiger partial charge in [-0.25, -0.2) is 4.68 Å². The van der Waals surface area contributed by atoms with Gasteiger partial charge in [0.15, 0.2) is 0 Å². The molecular formula is C21H21F3N4O2. The zero-order valence-electron chi connectivity index (χ0n) is 16.2. The second-order valence-electron chi connectivity index (χ2n) is 7.39. The molecule has 1 aliphatic rings. The summed E-state index contributed by atoms with van der Waals surface area (Å²) in [6.45, 7) is 1.81. The van der Waals surface area contributed by atoms with Crippen LogP contribution >= 0.6 is 0 Å². The van der Waals surface area contributed by atoms with E-state index in [2.05, 4.69) is 10.3 Å². The van der Waals surface area contributed by atoms with Crippen LogP contribution in [0.15, 0.2) is 48.5 Å². The number of rotatable bonds is 5. The van der Waals surface area contributed by atoms with E-state index < -0.39 is 11.7 Å². The van der Waals surface area contributed by atoms with Gasteiger partial charge in [-0.2, -0.15) is 13.2 Å². The van der Waals surface area contributed by atoms with Crippen molar-refractivity contribution in [2.24, 2.45) is 0 Å². The lowest BCUT2D eigenvalue weighted by atomic mass is 10.0. The first kappa shape index (κ1) is 20.3. The molecule has 4 rings (SSSR count). The predicted octanol–water partition coefficient (Wildman–Crippen LogP) is 3.83. The van der Waals surface area contributed by atoms with Gasteiger partial charge in [0.1, 0.15) is 12.1 Å². The number of esters is 1. The van der Waals surface area contributed by atoms with Crippen LogP contribution < -0.4 is 0 Å². The number of nitrogens with zero attached hydrogens (tertiary/aromatic N) is 4. The van der Waals surface area contributed by atoms with E-state index in [0.29, 0.717) is 18.6 Å². The van der Waals surface area contributed by atoms with Crippen molar-refractivity contribution >= 4 is 17.0 Å². The molecule has 1 aromatic heterocycles. The van der Waals surface area contributed by atoms with Crippen molar-refractivity contribution in [3.8, 4) is 0 Å². The number of fused-ring (bicyclic) bond motifs is 1. The number of aromatic nitrogens is 3. The third-order valence-electron chi connectivity index (χ3n) is 5.30. The van der Waals surface area contributed by atoms with Crippen LogP contribution in [-0.2, 0) is 22.3 Å². The fourth-order valence-corrected chi connectivity index (χ4v) is 3.68. The number of likely N-dealkylation sites (tertiary alicyclic amines) is 1. The van der Waals surface area contributed by atoms with E-state index in [1.54, 1.807) is 4.68 Å². The maximum absolute atomic E-state index is 12.9. The molecule has 6 nitrogen and oxygen atoms in total. The van der Waals surface area contributed by atoms with Gasteiger partial charge in [-0.3, -0.25) is 9.69 Å². The predicted molar refractivity (Wildman–Crippen MR) is 103 cm³/mol. The second-order valence-corrected chi connectivity index (χ2v) is 7.39. The molecule has 1 fully saturated rings. The van der Waals surface area contributed by atoms with E-state index in [9.17, 15) is 18.0 Å². The van der Waals surface area contributed by atoms with Crippen LogP contribution in [0, 0.1) is 0 Å². The van der Waals surface area contributed by atoms with Crippen LogP contribution in [-0.4, -0.2) is 45.5 Å². The zero-order valence-corrected chi connectivity index (χ0v) is 16.2. The summed E-state index contributed by atoms with van der Waals surface area (Å²) in [6.07, 6.45) is -2.95. The molecule has 0 N–H and O–H groups in total. The minimum absolute atomic E-state index is 0.0309. The molecule has 3 aromatic rings. The minimum Gasteiger partial charge on any atom is -0.460 e. The maximum atomic E-state index is 12.9. The van der Waals surface area contributed by atoms with E-state index in [1.807, 2.05) is 35.2 Å². The van der Waals surface area contributed by atoms with Crippen LogP contribution in [0.4, 0.5) is 13.2 Å². The summed E-state index contributed by atoms with van der Waals surface area (Å²) < 4.78 is 45.7. The van der Waals surface area contributed by atoms with E-state index in [-0.39, 0.29) is 30.7 Å². The molecule has 9 heteroatoms. The Bertz CT molecular complexity index is 1010. The third kappa shape index (κ3) is 4.62. The zero-order chi connectivity index (χ0) is 21.1. The Balaban J connectivity index is 1.31. The molecule has 158 valence electrons. The van der Waals surface area contributed by atoms with Gasteiger partial charge in [0.25, 0.3) is 0 Å². The van der Waals surface area contributed by atoms with Gasteiger partial charge in [-0.1, -0.05) is 35.5 Å². The standard InChI is InChI=1S/C21H21F3N4O2/c22-21(23,24)16-6-7-19-18(12-16)25-26-28(19)17-8-10-27(11-9-17)13-20(29)30-14-15-4-2-1-3-5-15/h1-7,12,17H,8-11,13-14H2. The van der Waals surface area contributed by atoms with Crippen LogP contribution in [0.3, 0.4) is 0 Å². The van der Waals surface area contributed by atoms with Crippen LogP contribution in [0.25, 0.3) is 11.0 Å². The first-order valence-corrected chi connectivity index (χ1v) is 9.74. The summed E-state index contributed by atoms with van der Waals surface area (Å²) in [6, 6.07) is 13.0. The van der Waals surface area contributed by atoms with Crippen molar-refractivity contribution in [3.05, 3.63) is 59.7 Å². The number of benzene rings is 2. The lowest BCUT2D eigenvalue weighted by Gasteiger charge is -2.31. The molecule has 0 atom stereocenters. The summed E-state index contributed by atoms with van der Waals surface area (Å²) in [5.74, 6) is -0.275. The SMILES string of the molecule is O=C(CN1CCC(n2nnc3cc(C(F)(F)F)ccc32)CC1)OCc1ccccc1. The van der Waals surface area contributed by atoms with Gasteiger partial charge in [0.05, 0.1) is 23.7 Å². The number of hydrogen-bond acceptors (Lipinski definition) is 5. The van der Waals surface area contributed by atoms with Crippen molar-refractivity contribution in [1.82, 2.24) is 19.9 Å². The summed E-state index contributed by atoms with van der Waals surface area (Å²) in [5.41, 5.74) is 1.03. The number of piperidine rings is 1. The van der Waals surface area contributed by atoms with Crippen LogP contribution in [0.1, 0.15) is 30.0 Å². The van der Waals surface area contributed by atoms with E-state index in [1.165, 1.54) is 6.07 Å². The molecule has 2 aromatic carbocycles. The number of carbonyl (C=O) groups is 1. The Morgan fingerprint density at radius 3 is 2.53 bits per heavy atom. The number of carbonyl (C=O) groups excluding carboxylic acids is 1. The van der Waals surface area contributed by atoms with Crippen LogP contribution in [0.2, 0.25) is 0 Å². The van der Waals surface area contributed by atoms with Crippen molar-refractivity contribution in [3.63, 3.8) is 0 Å². The summed E-state index contributed by atoms with van der Waals surface area (Å²) in [4.78, 5) is 14.1. The fourth-order valence-electron chi connectivity index (χ4n) is 3.68. The highest BCUT2D eigenvalue weighted by Crippen LogP contribution is 2.32. The number of alkyl halides is 3. The first-order valence-electron chi connectivity index (χ1n) is 9.74. The van der Waals surface area contributed by atoms with Gasteiger partial charge in [-0.15, -0.1) is 5.10 Å². The molecule has 30 heavy (non-hydrogen) atoms. The molecule has 0 radical (unpaired) electrons. The van der Waals surface area contributed by atoms with Crippen molar-refractivity contribution in [2.45, 2.75) is 31.7 Å². The van der Waals surface area contributed by atoms with Gasteiger partial charge < -0.3 is 4.74 Å². The largest absolute Gasteiger partial charge is 0.460 e. The first-order chi connectivity index (χ1) is 14.4. The van der Waals surface area contributed by atoms with Crippen molar-refractivity contribution in [2.75, 3.05) is 19.6 Å². The molecule has 1 aliphatic heterocycles. The lowest BCUT2D eigenvalue weighted by molar-refractivity contribution is -0.146. The monoisotopic (exact) mass is 418 g/mol. The highest BCUT2D eigenvalue weighted by molar-refractivity contribution is 5.75. The van der Waals surface area contributed by atoms with Crippen molar-refractivity contribution < 1.29 is 22.7 Å². The number of ether oxygens (including phenoxy) is 1. The molecule has 0 aliphatic carbocycles. The van der Waals surface area contributed by atoms with Crippen LogP contribution in [0.5, 0.6) is 0 Å². The van der Waals surface area contributed by atoms with E-state index in [4.69, 9.17) is 4.74 Å². The van der Waals surface area contributed by atoms with E-state index >= 15 is 0 Å². The minimum atomic E-state index is -4.40. The highest BCUT2D eigenvalue weighted by Gasteiger charge is 2.31. The lowest BCUT2D eigenvalue weighted by Crippen LogP contribution is -2.38. The molecule has 2 heterocycles. The second kappa shape index (κ2) is 8.43. The maximum Gasteiger partial charge on any atom is 0.416 e. The molecule has 0 spiro atoms. The average molecular weight is 418 g/mol. The summed E-state index contributed by atoms with van der Waals surface area (Å²) >= 11 is 0. The Morgan fingerprint density at radius 1 is 1.10 bits per heavy atom. The molecular weight excluding hydrogens is 397 g/mol. The quantitative estimate of drug-likeness (QED) is 0.590. The van der Waals surface area contributed by atoms with Gasteiger partial charge in [0, 0.05) is 13.1 Å². The number of halogens is 3. The molecule has 0 bridgehead atoms. The van der Waals surface area contributed by atoms with E-state index in [0.717, 1.165) is 30.5 Å². The number of hydrogen-bond donors (Lipinski definition) is 0. The Labute approximate surface area is 171 Å². The Morgan fingerprint density at radius 2 is 1.83 bits per heavy atom. The van der Waals surface area contributed by atoms with Gasteiger partial charge in [-0.05, 0) is 36.6 Å². The molecule has 1 saturated heterocycles. The third-order valence-corrected chi connectivity index (χ3v) is 5.30. The van der Waals surface area contributed by atoms with Crippen molar-refractivity contribution in [1.29, 1.82) is 0 Å². The molecule has 0 amide bonds. The normalized spacial score (nSPS) is 16.1. The topological polar surface area (TPSA) is 60.2 Å². The summed E-state index contributed by atoms with van der Waals surface area (Å²) in [5, 5.41) is 7.99. The fraction of sp³-hybridized carbons (Fsp3) is 0.381. The van der Waals surface area contributed by atoms with Gasteiger partial charge in [0.2, 0.25) is 0 Å². The highest BCUT2D eigenvalue weighted by atomic mass is 19.4. The molecule has 0 unspecified atom stereocenters. The molecule has 0 saturated carbocycles. The van der Waals surface area contributed by atoms with Gasteiger partial charge >= 0.3 is 12.1 Å². The smallest absolute Gasteiger partial charge is 0.416 e. The Hall–Kier alpha value is -2.94. The average Bonchev–Trinajstić information content (AvgIpc) is 3.16.